The van der Waals surface area contributed by atoms with Crippen molar-refractivity contribution in [2.24, 2.45) is 0 Å². The molecule has 0 unspecified atom stereocenters. The fourth-order valence-corrected chi connectivity index (χ4v) is 1.07. The number of benzene rings is 1. The molecule has 14 heavy (non-hydrogen) atoms. The third kappa shape index (κ3) is 2.31. The third-order valence-corrected chi connectivity index (χ3v) is 1.92. The molecule has 1 rings (SSSR count). The number of methoxy groups -OCH3 is 1. The van der Waals surface area contributed by atoms with Crippen LogP contribution in [0.1, 0.15) is 11.7 Å². The summed E-state index contributed by atoms with van der Waals surface area (Å²) < 4.78 is 4.92. The van der Waals surface area contributed by atoms with Gasteiger partial charge in [-0.2, -0.15) is 0 Å². The molecule has 0 aliphatic carbocycles. The van der Waals surface area contributed by atoms with Crippen molar-refractivity contribution in [1.82, 2.24) is 0 Å². The largest absolute Gasteiger partial charge is 0.497 e. The molecule has 1 aromatic rings. The van der Waals surface area contributed by atoms with Crippen LogP contribution in [0.2, 0.25) is 0 Å². The maximum absolute atomic E-state index is 10.2. The van der Waals surface area contributed by atoms with Crippen molar-refractivity contribution in [3.05, 3.63) is 29.8 Å². The number of hydrogen-bond donors (Lipinski definition) is 2. The molecule has 0 aliphatic rings. The standard InChI is InChI=1S/C10H12O4/c1-14-8-4-2-7(3-5-8)10(13)9(12)6-11/h2-6,9-10,12-13H,1H3/t9-,10-/m1/s1. The van der Waals surface area contributed by atoms with E-state index in [1.165, 1.54) is 7.11 Å². The van der Waals surface area contributed by atoms with Gasteiger partial charge in [-0.05, 0) is 17.7 Å². The highest BCUT2D eigenvalue weighted by atomic mass is 16.5. The summed E-state index contributed by atoms with van der Waals surface area (Å²) in [5.74, 6) is 0.654. The van der Waals surface area contributed by atoms with Crippen LogP contribution < -0.4 is 4.74 Å². The minimum absolute atomic E-state index is 0.300. The predicted octanol–water partition coefficient (Wildman–Crippen LogP) is 0.288. The molecule has 0 heterocycles. The van der Waals surface area contributed by atoms with E-state index in [0.717, 1.165) is 0 Å². The average Bonchev–Trinajstić information content (AvgIpc) is 2.27. The molecule has 1 aromatic carbocycles. The molecular weight excluding hydrogens is 184 g/mol. The van der Waals surface area contributed by atoms with Crippen molar-refractivity contribution >= 4 is 6.29 Å². The zero-order valence-electron chi connectivity index (χ0n) is 7.75. The SMILES string of the molecule is COc1ccc([C@@H](O)[C@H](O)C=O)cc1. The molecule has 0 fully saturated rings. The summed E-state index contributed by atoms with van der Waals surface area (Å²) in [7, 11) is 1.53. The van der Waals surface area contributed by atoms with Crippen molar-refractivity contribution in [3.8, 4) is 5.75 Å². The molecule has 0 amide bonds. The van der Waals surface area contributed by atoms with Gasteiger partial charge >= 0.3 is 0 Å². The minimum Gasteiger partial charge on any atom is -0.497 e. The first-order valence-electron chi connectivity index (χ1n) is 4.14. The summed E-state index contributed by atoms with van der Waals surface area (Å²) in [4.78, 5) is 10.2. The highest BCUT2D eigenvalue weighted by molar-refractivity contribution is 5.57. The Labute approximate surface area is 81.8 Å². The molecular formula is C10H12O4. The Hall–Kier alpha value is -1.39. The summed E-state index contributed by atoms with van der Waals surface area (Å²) in [6.07, 6.45) is -2.27. The lowest BCUT2D eigenvalue weighted by Crippen LogP contribution is -2.19. The molecule has 2 N–H and O–H groups in total. The average molecular weight is 196 g/mol. The van der Waals surface area contributed by atoms with Crippen LogP contribution in [0.15, 0.2) is 24.3 Å². The van der Waals surface area contributed by atoms with Crippen LogP contribution in [0.3, 0.4) is 0 Å². The van der Waals surface area contributed by atoms with E-state index < -0.39 is 12.2 Å². The number of carbonyl (C=O) groups excluding carboxylic acids is 1. The van der Waals surface area contributed by atoms with E-state index in [0.29, 0.717) is 17.6 Å². The molecule has 0 saturated carbocycles. The number of rotatable bonds is 4. The van der Waals surface area contributed by atoms with Gasteiger partial charge in [0.25, 0.3) is 0 Å². The highest BCUT2D eigenvalue weighted by Crippen LogP contribution is 2.19. The van der Waals surface area contributed by atoms with Crippen molar-refractivity contribution in [2.75, 3.05) is 7.11 Å². The van der Waals surface area contributed by atoms with Gasteiger partial charge in [0.2, 0.25) is 0 Å². The molecule has 76 valence electrons. The topological polar surface area (TPSA) is 66.8 Å². The van der Waals surface area contributed by atoms with Crippen LogP contribution >= 0.6 is 0 Å². The molecule has 4 nitrogen and oxygen atoms in total. The second kappa shape index (κ2) is 4.74. The molecule has 0 spiro atoms. The maximum Gasteiger partial charge on any atom is 0.151 e. The van der Waals surface area contributed by atoms with Crippen molar-refractivity contribution in [1.29, 1.82) is 0 Å². The van der Waals surface area contributed by atoms with E-state index >= 15 is 0 Å². The minimum atomic E-state index is -1.39. The Morgan fingerprint density at radius 3 is 2.29 bits per heavy atom. The molecule has 0 saturated heterocycles. The van der Waals surface area contributed by atoms with E-state index in [2.05, 4.69) is 0 Å². The molecule has 0 radical (unpaired) electrons. The normalized spacial score (nSPS) is 14.5. The second-order valence-corrected chi connectivity index (χ2v) is 2.84. The summed E-state index contributed by atoms with van der Waals surface area (Å²) in [6, 6.07) is 6.48. The fourth-order valence-electron chi connectivity index (χ4n) is 1.07. The zero-order chi connectivity index (χ0) is 10.6. The van der Waals surface area contributed by atoms with Crippen LogP contribution in [0, 0.1) is 0 Å². The van der Waals surface area contributed by atoms with Crippen molar-refractivity contribution < 1.29 is 19.7 Å². The lowest BCUT2D eigenvalue weighted by molar-refractivity contribution is -0.120. The van der Waals surface area contributed by atoms with Crippen LogP contribution in [0.25, 0.3) is 0 Å². The fraction of sp³-hybridized carbons (Fsp3) is 0.300. The lowest BCUT2D eigenvalue weighted by atomic mass is 10.1. The first-order chi connectivity index (χ1) is 6.69. The van der Waals surface area contributed by atoms with E-state index in [9.17, 15) is 9.90 Å². The predicted molar refractivity (Wildman–Crippen MR) is 50.0 cm³/mol. The number of hydrogen-bond acceptors (Lipinski definition) is 4. The van der Waals surface area contributed by atoms with Gasteiger partial charge in [0.05, 0.1) is 7.11 Å². The highest BCUT2D eigenvalue weighted by Gasteiger charge is 2.16. The molecule has 4 heteroatoms. The van der Waals surface area contributed by atoms with E-state index in [1.807, 2.05) is 0 Å². The monoisotopic (exact) mass is 196 g/mol. The Kier molecular flexibility index (Phi) is 3.62. The summed E-state index contributed by atoms with van der Waals surface area (Å²) in [6.45, 7) is 0. The van der Waals surface area contributed by atoms with Crippen molar-refractivity contribution in [3.63, 3.8) is 0 Å². The summed E-state index contributed by atoms with van der Waals surface area (Å²) in [5.41, 5.74) is 0.477. The number of aldehydes is 1. The van der Waals surface area contributed by atoms with Crippen LogP contribution in [0.4, 0.5) is 0 Å². The lowest BCUT2D eigenvalue weighted by Gasteiger charge is -2.12. The quantitative estimate of drug-likeness (QED) is 0.679. The van der Waals surface area contributed by atoms with E-state index in [1.54, 1.807) is 24.3 Å². The first kappa shape index (κ1) is 10.7. The van der Waals surface area contributed by atoms with Gasteiger partial charge in [-0.15, -0.1) is 0 Å². The van der Waals surface area contributed by atoms with Gasteiger partial charge in [-0.3, -0.25) is 0 Å². The van der Waals surface area contributed by atoms with E-state index in [-0.39, 0.29) is 0 Å². The summed E-state index contributed by atoms with van der Waals surface area (Å²) in [5, 5.41) is 18.5. The summed E-state index contributed by atoms with van der Waals surface area (Å²) >= 11 is 0. The molecule has 2 atom stereocenters. The van der Waals surface area contributed by atoms with Crippen LogP contribution in [-0.4, -0.2) is 29.7 Å². The van der Waals surface area contributed by atoms with Gasteiger partial charge < -0.3 is 19.7 Å². The maximum atomic E-state index is 10.2. The number of aliphatic hydroxyl groups is 2. The molecule has 0 bridgehead atoms. The molecule has 0 aromatic heterocycles. The Balaban J connectivity index is 2.80. The Morgan fingerprint density at radius 2 is 1.86 bits per heavy atom. The van der Waals surface area contributed by atoms with Gasteiger partial charge in [-0.25, -0.2) is 0 Å². The van der Waals surface area contributed by atoms with Crippen LogP contribution in [-0.2, 0) is 4.79 Å². The Bertz CT molecular complexity index is 293. The van der Waals surface area contributed by atoms with Crippen molar-refractivity contribution in [2.45, 2.75) is 12.2 Å². The smallest absolute Gasteiger partial charge is 0.151 e. The third-order valence-electron chi connectivity index (χ3n) is 1.92. The second-order valence-electron chi connectivity index (χ2n) is 2.84. The van der Waals surface area contributed by atoms with Gasteiger partial charge in [-0.1, -0.05) is 12.1 Å². The zero-order valence-corrected chi connectivity index (χ0v) is 7.75. The van der Waals surface area contributed by atoms with Crippen LogP contribution in [0.5, 0.6) is 5.75 Å². The van der Waals surface area contributed by atoms with Gasteiger partial charge in [0, 0.05) is 0 Å². The number of aliphatic hydroxyl groups excluding tert-OH is 2. The first-order valence-corrected chi connectivity index (χ1v) is 4.14. The van der Waals surface area contributed by atoms with E-state index in [4.69, 9.17) is 9.84 Å². The van der Waals surface area contributed by atoms with Gasteiger partial charge in [0.15, 0.2) is 6.29 Å². The van der Waals surface area contributed by atoms with Gasteiger partial charge in [0.1, 0.15) is 18.0 Å². The number of ether oxygens (including phenoxy) is 1. The molecule has 0 aliphatic heterocycles. The number of carbonyl (C=O) groups is 1. The Morgan fingerprint density at radius 1 is 1.29 bits per heavy atom.